The summed E-state index contributed by atoms with van der Waals surface area (Å²) in [5.74, 6) is 0. The van der Waals surface area contributed by atoms with Crippen molar-refractivity contribution >= 4 is 21.6 Å². The van der Waals surface area contributed by atoms with Gasteiger partial charge in [0.1, 0.15) is 5.02 Å². The minimum atomic E-state index is -3.88. The first-order valence-corrected chi connectivity index (χ1v) is 6.39. The van der Waals surface area contributed by atoms with E-state index < -0.39 is 28.3 Å². The molecule has 1 aromatic rings. The topological polar surface area (TPSA) is 119 Å². The molecule has 1 atom stereocenters. The summed E-state index contributed by atoms with van der Waals surface area (Å²) >= 11 is 5.48. The number of hydrogen-bond donors (Lipinski definition) is 4. The second kappa shape index (κ2) is 5.61. The maximum atomic E-state index is 11.6. The number of aromatic amines is 1. The Kier molecular flexibility index (Phi) is 4.66. The molecule has 0 aliphatic carbocycles. The van der Waals surface area contributed by atoms with E-state index in [1.165, 1.54) is 0 Å². The largest absolute Gasteiger partial charge is 0.394 e. The zero-order valence-corrected chi connectivity index (χ0v) is 10.1. The number of aromatic nitrogens is 1. The van der Waals surface area contributed by atoms with Crippen LogP contribution in [0.1, 0.15) is 0 Å². The van der Waals surface area contributed by atoms with Crippen molar-refractivity contribution in [3.05, 3.63) is 27.6 Å². The summed E-state index contributed by atoms with van der Waals surface area (Å²) in [6.07, 6.45) is -0.204. The van der Waals surface area contributed by atoms with E-state index >= 15 is 0 Å². The summed E-state index contributed by atoms with van der Waals surface area (Å²) in [5.41, 5.74) is -0.596. The van der Waals surface area contributed by atoms with Crippen LogP contribution in [0.4, 0.5) is 0 Å². The molecule has 0 aromatic carbocycles. The minimum absolute atomic E-state index is 0.229. The maximum Gasteiger partial charge on any atom is 0.266 e. The third-order valence-electron chi connectivity index (χ3n) is 1.86. The van der Waals surface area contributed by atoms with Crippen molar-refractivity contribution in [2.75, 3.05) is 13.2 Å². The second-order valence-corrected chi connectivity index (χ2v) is 5.37. The predicted molar refractivity (Wildman–Crippen MR) is 60.4 cm³/mol. The predicted octanol–water partition coefficient (Wildman–Crippen LogP) is -1.34. The third-order valence-corrected chi connectivity index (χ3v) is 3.55. The average molecular weight is 283 g/mol. The monoisotopic (exact) mass is 282 g/mol. The Hall–Kier alpha value is -0.930. The minimum Gasteiger partial charge on any atom is -0.394 e. The lowest BCUT2D eigenvalue weighted by Crippen LogP contribution is -2.34. The van der Waals surface area contributed by atoms with E-state index in [-0.39, 0.29) is 16.5 Å². The Morgan fingerprint density at radius 1 is 1.53 bits per heavy atom. The highest BCUT2D eigenvalue weighted by atomic mass is 35.5. The van der Waals surface area contributed by atoms with Crippen LogP contribution in [0.25, 0.3) is 0 Å². The van der Waals surface area contributed by atoms with Gasteiger partial charge in [0.05, 0.1) is 17.6 Å². The molecule has 4 N–H and O–H groups in total. The van der Waals surface area contributed by atoms with Gasteiger partial charge in [-0.15, -0.1) is 0 Å². The molecule has 0 saturated carbocycles. The van der Waals surface area contributed by atoms with Crippen LogP contribution in [0.5, 0.6) is 0 Å². The van der Waals surface area contributed by atoms with E-state index in [1.807, 2.05) is 0 Å². The SMILES string of the molecule is O=c1[nH]cc(S(=O)(=O)NCC(O)CO)cc1Cl. The van der Waals surface area contributed by atoms with Gasteiger partial charge in [-0.25, -0.2) is 13.1 Å². The van der Waals surface area contributed by atoms with Crippen LogP contribution in [0.2, 0.25) is 5.02 Å². The van der Waals surface area contributed by atoms with Gasteiger partial charge in [0.15, 0.2) is 0 Å². The normalized spacial score (nSPS) is 13.6. The standard InChI is InChI=1S/C8H11ClN2O5S/c9-7-1-6(3-10-8(7)14)17(15,16)11-2-5(13)4-12/h1,3,5,11-13H,2,4H2,(H,10,14). The third kappa shape index (κ3) is 3.79. The van der Waals surface area contributed by atoms with Crippen molar-refractivity contribution in [3.63, 3.8) is 0 Å². The molecule has 1 rings (SSSR count). The summed E-state index contributed by atoms with van der Waals surface area (Å²) in [4.78, 5) is 12.9. The summed E-state index contributed by atoms with van der Waals surface area (Å²) in [6.45, 7) is -0.898. The number of aliphatic hydroxyl groups is 2. The molecule has 0 aliphatic rings. The molecule has 0 aliphatic heterocycles. The molecule has 17 heavy (non-hydrogen) atoms. The number of rotatable bonds is 5. The number of aliphatic hydroxyl groups excluding tert-OH is 2. The van der Waals surface area contributed by atoms with E-state index in [4.69, 9.17) is 21.8 Å². The van der Waals surface area contributed by atoms with Crippen molar-refractivity contribution in [2.45, 2.75) is 11.0 Å². The van der Waals surface area contributed by atoms with E-state index in [0.717, 1.165) is 12.3 Å². The Bertz CT molecular complexity index is 541. The molecule has 0 spiro atoms. The average Bonchev–Trinajstić information content (AvgIpc) is 2.29. The fourth-order valence-corrected chi connectivity index (χ4v) is 2.25. The van der Waals surface area contributed by atoms with Crippen LogP contribution in [0.3, 0.4) is 0 Å². The van der Waals surface area contributed by atoms with Crippen molar-refractivity contribution in [1.29, 1.82) is 0 Å². The van der Waals surface area contributed by atoms with Crippen molar-refractivity contribution in [3.8, 4) is 0 Å². The van der Waals surface area contributed by atoms with Crippen LogP contribution in [-0.2, 0) is 10.0 Å². The molecular weight excluding hydrogens is 272 g/mol. The highest BCUT2D eigenvalue weighted by molar-refractivity contribution is 7.89. The van der Waals surface area contributed by atoms with Crippen molar-refractivity contribution < 1.29 is 18.6 Å². The number of pyridine rings is 1. The van der Waals surface area contributed by atoms with Gasteiger partial charge in [-0.2, -0.15) is 0 Å². The zero-order chi connectivity index (χ0) is 13.1. The lowest BCUT2D eigenvalue weighted by Gasteiger charge is -2.09. The van der Waals surface area contributed by atoms with Gasteiger partial charge < -0.3 is 15.2 Å². The van der Waals surface area contributed by atoms with Crippen LogP contribution in [-0.4, -0.2) is 42.9 Å². The van der Waals surface area contributed by atoms with Crippen molar-refractivity contribution in [2.24, 2.45) is 0 Å². The first-order chi connectivity index (χ1) is 7.86. The smallest absolute Gasteiger partial charge is 0.266 e. The molecule has 1 heterocycles. The highest BCUT2D eigenvalue weighted by Crippen LogP contribution is 2.09. The molecule has 0 saturated heterocycles. The van der Waals surface area contributed by atoms with Crippen LogP contribution in [0.15, 0.2) is 22.0 Å². The number of nitrogens with one attached hydrogen (secondary N) is 2. The van der Waals surface area contributed by atoms with Gasteiger partial charge in [0, 0.05) is 12.7 Å². The molecule has 1 aromatic heterocycles. The maximum absolute atomic E-state index is 11.6. The number of H-pyrrole nitrogens is 1. The fourth-order valence-electron chi connectivity index (χ4n) is 0.947. The molecule has 0 fully saturated rings. The first-order valence-electron chi connectivity index (χ1n) is 4.53. The summed E-state index contributed by atoms with van der Waals surface area (Å²) in [5, 5.41) is 17.3. The fraction of sp³-hybridized carbons (Fsp3) is 0.375. The number of halogens is 1. The first kappa shape index (κ1) is 14.1. The molecule has 96 valence electrons. The van der Waals surface area contributed by atoms with Gasteiger partial charge in [-0.1, -0.05) is 11.6 Å². The Balaban J connectivity index is 2.90. The molecular formula is C8H11ClN2O5S. The molecule has 7 nitrogen and oxygen atoms in total. The van der Waals surface area contributed by atoms with Gasteiger partial charge in [0.2, 0.25) is 10.0 Å². The van der Waals surface area contributed by atoms with Gasteiger partial charge in [-0.3, -0.25) is 4.79 Å². The summed E-state index contributed by atoms with van der Waals surface area (Å²) in [6, 6.07) is 0.994. The van der Waals surface area contributed by atoms with Gasteiger partial charge in [-0.05, 0) is 6.07 Å². The summed E-state index contributed by atoms with van der Waals surface area (Å²) < 4.78 is 25.3. The molecule has 0 bridgehead atoms. The molecule has 0 amide bonds. The lowest BCUT2D eigenvalue weighted by molar-refractivity contribution is 0.0988. The lowest BCUT2D eigenvalue weighted by atomic mass is 10.4. The van der Waals surface area contributed by atoms with E-state index in [0.29, 0.717) is 0 Å². The quantitative estimate of drug-likeness (QED) is 0.533. The van der Waals surface area contributed by atoms with Crippen LogP contribution >= 0.6 is 11.6 Å². The van der Waals surface area contributed by atoms with Crippen LogP contribution in [0, 0.1) is 0 Å². The number of hydrogen-bond acceptors (Lipinski definition) is 5. The zero-order valence-electron chi connectivity index (χ0n) is 8.55. The van der Waals surface area contributed by atoms with Crippen molar-refractivity contribution in [1.82, 2.24) is 9.71 Å². The Morgan fingerprint density at radius 3 is 2.71 bits per heavy atom. The Labute approximate surface area is 102 Å². The Morgan fingerprint density at radius 2 is 2.18 bits per heavy atom. The second-order valence-electron chi connectivity index (χ2n) is 3.20. The van der Waals surface area contributed by atoms with E-state index in [1.54, 1.807) is 0 Å². The molecule has 9 heteroatoms. The van der Waals surface area contributed by atoms with E-state index in [9.17, 15) is 13.2 Å². The van der Waals surface area contributed by atoms with Crippen LogP contribution < -0.4 is 10.3 Å². The summed E-state index contributed by atoms with van der Waals surface area (Å²) in [7, 11) is -3.88. The van der Waals surface area contributed by atoms with Gasteiger partial charge in [0.25, 0.3) is 5.56 Å². The molecule has 1 unspecified atom stereocenters. The molecule has 0 radical (unpaired) electrons. The highest BCUT2D eigenvalue weighted by Gasteiger charge is 2.16. The van der Waals surface area contributed by atoms with Gasteiger partial charge >= 0.3 is 0 Å². The number of sulfonamides is 1. The van der Waals surface area contributed by atoms with E-state index in [2.05, 4.69) is 9.71 Å².